The zero-order valence-corrected chi connectivity index (χ0v) is 11.2. The van der Waals surface area contributed by atoms with Gasteiger partial charge in [-0.05, 0) is 29.8 Å². The molecule has 0 aliphatic heterocycles. The predicted molar refractivity (Wildman–Crippen MR) is 72.8 cm³/mol. The third-order valence-corrected chi connectivity index (χ3v) is 5.18. The first-order valence-corrected chi connectivity index (χ1v) is 7.40. The van der Waals surface area contributed by atoms with Crippen molar-refractivity contribution in [3.8, 4) is 0 Å². The summed E-state index contributed by atoms with van der Waals surface area (Å²) >= 11 is 0. The number of fused-ring (bicyclic) bond motifs is 1. The average Bonchev–Trinajstić information content (AvgIpc) is 2.37. The molecule has 2 aromatic carbocycles. The molecule has 0 aliphatic carbocycles. The van der Waals surface area contributed by atoms with Crippen LogP contribution in [0.1, 0.15) is 13.3 Å². The Morgan fingerprint density at radius 3 is 2.42 bits per heavy atom. The van der Waals surface area contributed by atoms with Gasteiger partial charge >= 0.3 is 5.97 Å². The fraction of sp³-hybridized carbons (Fsp3) is 0.214. The van der Waals surface area contributed by atoms with E-state index in [2.05, 4.69) is 0 Å². The van der Waals surface area contributed by atoms with Crippen LogP contribution in [0.5, 0.6) is 0 Å². The molecule has 2 aromatic rings. The molecular weight excluding hydrogens is 264 g/mol. The van der Waals surface area contributed by atoms with E-state index >= 15 is 0 Å². The van der Waals surface area contributed by atoms with Gasteiger partial charge in [-0.1, -0.05) is 30.3 Å². The fourth-order valence-electron chi connectivity index (χ4n) is 1.93. The lowest BCUT2D eigenvalue weighted by Crippen LogP contribution is -2.21. The summed E-state index contributed by atoms with van der Waals surface area (Å²) < 4.78 is 24.5. The number of aliphatic carboxylic acids is 1. The standard InChI is InChI=1S/C14H14O4S/c1-10(8-14(15)16)19(17,18)13-7-6-11-4-2-3-5-12(11)9-13/h2-7,9-10H,8H2,1H3,(H,15,16). The highest BCUT2D eigenvalue weighted by atomic mass is 32.2. The molecule has 0 amide bonds. The second kappa shape index (κ2) is 5.01. The number of hydrogen-bond donors (Lipinski definition) is 1. The third kappa shape index (κ3) is 2.76. The topological polar surface area (TPSA) is 71.4 Å². The molecule has 0 radical (unpaired) electrons. The number of carboxylic acid groups (broad SMARTS) is 1. The largest absolute Gasteiger partial charge is 0.481 e. The SMILES string of the molecule is CC(CC(=O)O)S(=O)(=O)c1ccc2ccccc2c1. The molecule has 0 aliphatic rings. The average molecular weight is 278 g/mol. The Hall–Kier alpha value is -1.88. The molecule has 0 fully saturated rings. The molecule has 100 valence electrons. The van der Waals surface area contributed by atoms with Gasteiger partial charge in [0.1, 0.15) is 0 Å². The van der Waals surface area contributed by atoms with Gasteiger partial charge in [-0.3, -0.25) is 4.79 Å². The van der Waals surface area contributed by atoms with Crippen LogP contribution in [0, 0.1) is 0 Å². The van der Waals surface area contributed by atoms with Gasteiger partial charge in [-0.2, -0.15) is 0 Å². The van der Waals surface area contributed by atoms with E-state index in [0.717, 1.165) is 10.8 Å². The number of rotatable bonds is 4. The molecule has 0 bridgehead atoms. The summed E-state index contributed by atoms with van der Waals surface area (Å²) in [6.45, 7) is 1.42. The highest BCUT2D eigenvalue weighted by Crippen LogP contribution is 2.23. The van der Waals surface area contributed by atoms with Crippen LogP contribution in [0.15, 0.2) is 47.4 Å². The minimum atomic E-state index is -3.61. The summed E-state index contributed by atoms with van der Waals surface area (Å²) in [4.78, 5) is 10.8. The van der Waals surface area contributed by atoms with Gasteiger partial charge in [0.2, 0.25) is 0 Å². The summed E-state index contributed by atoms with van der Waals surface area (Å²) in [5.41, 5.74) is 0. The van der Waals surface area contributed by atoms with Crippen LogP contribution >= 0.6 is 0 Å². The molecule has 0 saturated carbocycles. The lowest BCUT2D eigenvalue weighted by atomic mass is 10.1. The van der Waals surface area contributed by atoms with Crippen LogP contribution in [-0.4, -0.2) is 24.7 Å². The molecule has 1 atom stereocenters. The van der Waals surface area contributed by atoms with Crippen LogP contribution in [-0.2, 0) is 14.6 Å². The first-order chi connectivity index (χ1) is 8.91. The number of sulfone groups is 1. The van der Waals surface area contributed by atoms with Crippen molar-refractivity contribution in [2.45, 2.75) is 23.5 Å². The highest BCUT2D eigenvalue weighted by Gasteiger charge is 2.25. The molecule has 5 heteroatoms. The minimum Gasteiger partial charge on any atom is -0.481 e. The predicted octanol–water partition coefficient (Wildman–Crippen LogP) is 2.48. The van der Waals surface area contributed by atoms with E-state index in [1.807, 2.05) is 24.3 Å². The normalized spacial score (nSPS) is 13.3. The number of hydrogen-bond acceptors (Lipinski definition) is 3. The number of carbonyl (C=O) groups is 1. The van der Waals surface area contributed by atoms with Gasteiger partial charge in [-0.15, -0.1) is 0 Å². The van der Waals surface area contributed by atoms with E-state index in [0.29, 0.717) is 0 Å². The van der Waals surface area contributed by atoms with E-state index in [1.54, 1.807) is 12.1 Å². The minimum absolute atomic E-state index is 0.167. The maximum Gasteiger partial charge on any atom is 0.304 e. The molecule has 19 heavy (non-hydrogen) atoms. The Labute approximate surface area is 111 Å². The van der Waals surface area contributed by atoms with E-state index in [4.69, 9.17) is 5.11 Å². The van der Waals surface area contributed by atoms with Crippen LogP contribution in [0.4, 0.5) is 0 Å². The van der Waals surface area contributed by atoms with Gasteiger partial charge in [-0.25, -0.2) is 8.42 Å². The zero-order valence-electron chi connectivity index (χ0n) is 10.4. The fourth-order valence-corrected chi connectivity index (χ4v) is 3.31. The third-order valence-electron chi connectivity index (χ3n) is 3.04. The lowest BCUT2D eigenvalue weighted by Gasteiger charge is -2.11. The Balaban J connectivity index is 2.45. The van der Waals surface area contributed by atoms with Crippen molar-refractivity contribution < 1.29 is 18.3 Å². The van der Waals surface area contributed by atoms with E-state index in [9.17, 15) is 13.2 Å². The molecule has 0 heterocycles. The summed E-state index contributed by atoms with van der Waals surface area (Å²) in [5.74, 6) is -1.11. The van der Waals surface area contributed by atoms with Crippen LogP contribution in [0.3, 0.4) is 0 Å². The molecule has 4 nitrogen and oxygen atoms in total. The van der Waals surface area contributed by atoms with E-state index < -0.39 is 27.5 Å². The second-order valence-electron chi connectivity index (χ2n) is 4.46. The Bertz CT molecular complexity index is 719. The Morgan fingerprint density at radius 2 is 1.79 bits per heavy atom. The summed E-state index contributed by atoms with van der Waals surface area (Å²) in [6.07, 6.45) is -0.394. The first-order valence-electron chi connectivity index (χ1n) is 5.86. The van der Waals surface area contributed by atoms with Gasteiger partial charge in [0, 0.05) is 0 Å². The maximum atomic E-state index is 12.2. The van der Waals surface area contributed by atoms with E-state index in [1.165, 1.54) is 13.0 Å². The smallest absolute Gasteiger partial charge is 0.304 e. The second-order valence-corrected chi connectivity index (χ2v) is 6.83. The van der Waals surface area contributed by atoms with Crippen LogP contribution in [0.2, 0.25) is 0 Å². The molecule has 1 unspecified atom stereocenters. The summed E-state index contributed by atoms with van der Waals surface area (Å²) in [5, 5.41) is 9.54. The Kier molecular flexibility index (Phi) is 3.57. The first kappa shape index (κ1) is 13.5. The number of benzene rings is 2. The van der Waals surface area contributed by atoms with Crippen molar-refractivity contribution in [3.05, 3.63) is 42.5 Å². The van der Waals surface area contributed by atoms with Gasteiger partial charge in [0.15, 0.2) is 9.84 Å². The van der Waals surface area contributed by atoms with Crippen molar-refractivity contribution >= 4 is 26.6 Å². The maximum absolute atomic E-state index is 12.2. The quantitative estimate of drug-likeness (QED) is 0.932. The molecule has 2 rings (SSSR count). The van der Waals surface area contributed by atoms with Crippen molar-refractivity contribution in [1.82, 2.24) is 0 Å². The molecule has 0 saturated heterocycles. The van der Waals surface area contributed by atoms with Gasteiger partial charge in [0.25, 0.3) is 0 Å². The van der Waals surface area contributed by atoms with Gasteiger partial charge in [0.05, 0.1) is 16.6 Å². The van der Waals surface area contributed by atoms with Gasteiger partial charge < -0.3 is 5.11 Å². The van der Waals surface area contributed by atoms with Crippen molar-refractivity contribution in [2.24, 2.45) is 0 Å². The van der Waals surface area contributed by atoms with Crippen molar-refractivity contribution in [2.75, 3.05) is 0 Å². The van der Waals surface area contributed by atoms with E-state index in [-0.39, 0.29) is 4.90 Å². The monoisotopic (exact) mass is 278 g/mol. The molecular formula is C14H14O4S. The van der Waals surface area contributed by atoms with Crippen molar-refractivity contribution in [1.29, 1.82) is 0 Å². The molecule has 0 spiro atoms. The number of carboxylic acids is 1. The van der Waals surface area contributed by atoms with Crippen LogP contribution < -0.4 is 0 Å². The van der Waals surface area contributed by atoms with Crippen LogP contribution in [0.25, 0.3) is 10.8 Å². The van der Waals surface area contributed by atoms with Crippen molar-refractivity contribution in [3.63, 3.8) is 0 Å². The molecule has 0 aromatic heterocycles. The zero-order chi connectivity index (χ0) is 14.0. The highest BCUT2D eigenvalue weighted by molar-refractivity contribution is 7.92. The summed E-state index contributed by atoms with van der Waals surface area (Å²) in [6, 6.07) is 12.3. The Morgan fingerprint density at radius 1 is 1.16 bits per heavy atom. The molecule has 1 N–H and O–H groups in total. The lowest BCUT2D eigenvalue weighted by molar-refractivity contribution is -0.136. The summed E-state index contributed by atoms with van der Waals surface area (Å²) in [7, 11) is -3.61.